The van der Waals surface area contributed by atoms with E-state index in [9.17, 15) is 4.79 Å². The van der Waals surface area contributed by atoms with Gasteiger partial charge in [-0.15, -0.1) is 10.2 Å². The molecule has 16 heavy (non-hydrogen) atoms. The molecule has 0 aliphatic heterocycles. The maximum Gasteiger partial charge on any atom is 0.248 e. The van der Waals surface area contributed by atoms with Crippen molar-refractivity contribution in [1.29, 1.82) is 0 Å². The summed E-state index contributed by atoms with van der Waals surface area (Å²) in [6, 6.07) is 4.99. The molecule has 0 aromatic carbocycles. The Kier molecular flexibility index (Phi) is 3.43. The van der Waals surface area contributed by atoms with E-state index in [0.717, 1.165) is 22.9 Å². The SMILES string of the molecule is NCCCc1nnc(-c2cccc(=O)[nH]2)s1. The summed E-state index contributed by atoms with van der Waals surface area (Å²) in [6.07, 6.45) is 1.74. The molecular formula is C10H12N4OS. The van der Waals surface area contributed by atoms with E-state index in [2.05, 4.69) is 15.2 Å². The zero-order valence-electron chi connectivity index (χ0n) is 8.64. The number of rotatable bonds is 4. The van der Waals surface area contributed by atoms with Crippen molar-refractivity contribution in [2.75, 3.05) is 6.54 Å². The van der Waals surface area contributed by atoms with Gasteiger partial charge in [0, 0.05) is 12.5 Å². The average Bonchev–Trinajstić information content (AvgIpc) is 2.75. The summed E-state index contributed by atoms with van der Waals surface area (Å²) in [5.74, 6) is 0. The average molecular weight is 236 g/mol. The van der Waals surface area contributed by atoms with Gasteiger partial charge in [0.25, 0.3) is 0 Å². The van der Waals surface area contributed by atoms with Crippen LogP contribution in [0.5, 0.6) is 0 Å². The Labute approximate surface area is 96.4 Å². The minimum Gasteiger partial charge on any atom is -0.330 e. The summed E-state index contributed by atoms with van der Waals surface area (Å²) in [5.41, 5.74) is 6.01. The monoisotopic (exact) mass is 236 g/mol. The second kappa shape index (κ2) is 5.00. The summed E-state index contributed by atoms with van der Waals surface area (Å²) < 4.78 is 0. The summed E-state index contributed by atoms with van der Waals surface area (Å²) in [5, 5.41) is 9.78. The number of nitrogens with one attached hydrogen (secondary N) is 1. The molecule has 0 fully saturated rings. The van der Waals surface area contributed by atoms with Crippen molar-refractivity contribution in [2.45, 2.75) is 12.8 Å². The highest BCUT2D eigenvalue weighted by atomic mass is 32.1. The largest absolute Gasteiger partial charge is 0.330 e. The minimum atomic E-state index is -0.129. The lowest BCUT2D eigenvalue weighted by molar-refractivity contribution is 0.812. The normalized spacial score (nSPS) is 10.6. The van der Waals surface area contributed by atoms with Gasteiger partial charge in [0.05, 0.1) is 5.69 Å². The Hall–Kier alpha value is -1.53. The number of aromatic amines is 1. The van der Waals surface area contributed by atoms with E-state index in [1.54, 1.807) is 6.07 Å². The molecule has 2 heterocycles. The van der Waals surface area contributed by atoms with E-state index in [1.165, 1.54) is 17.4 Å². The Balaban J connectivity index is 2.21. The fraction of sp³-hybridized carbons (Fsp3) is 0.300. The number of hydrogen-bond donors (Lipinski definition) is 2. The van der Waals surface area contributed by atoms with Crippen LogP contribution in [0, 0.1) is 0 Å². The van der Waals surface area contributed by atoms with Crippen LogP contribution in [0.25, 0.3) is 10.7 Å². The van der Waals surface area contributed by atoms with E-state index in [0.29, 0.717) is 12.2 Å². The second-order valence-electron chi connectivity index (χ2n) is 3.32. The molecule has 0 unspecified atom stereocenters. The van der Waals surface area contributed by atoms with Crippen molar-refractivity contribution in [2.24, 2.45) is 5.73 Å². The van der Waals surface area contributed by atoms with Crippen LogP contribution >= 0.6 is 11.3 Å². The van der Waals surface area contributed by atoms with Crippen LogP contribution in [-0.2, 0) is 6.42 Å². The first kappa shape index (κ1) is 11.0. The molecule has 0 saturated heterocycles. The third-order valence-corrected chi connectivity index (χ3v) is 3.08. The molecule has 2 aromatic heterocycles. The van der Waals surface area contributed by atoms with Gasteiger partial charge in [-0.25, -0.2) is 0 Å². The van der Waals surface area contributed by atoms with Gasteiger partial charge in [-0.2, -0.15) is 0 Å². The molecule has 0 bridgehead atoms. The van der Waals surface area contributed by atoms with Gasteiger partial charge in [0.1, 0.15) is 5.01 Å². The zero-order chi connectivity index (χ0) is 11.4. The van der Waals surface area contributed by atoms with Crippen LogP contribution < -0.4 is 11.3 Å². The third-order valence-electron chi connectivity index (χ3n) is 2.06. The predicted molar refractivity (Wildman–Crippen MR) is 63.3 cm³/mol. The molecule has 0 radical (unpaired) electrons. The quantitative estimate of drug-likeness (QED) is 0.821. The summed E-state index contributed by atoms with van der Waals surface area (Å²) in [6.45, 7) is 0.650. The van der Waals surface area contributed by atoms with Crippen molar-refractivity contribution in [3.8, 4) is 10.7 Å². The van der Waals surface area contributed by atoms with E-state index < -0.39 is 0 Å². The molecule has 0 aliphatic carbocycles. The molecule has 0 amide bonds. The van der Waals surface area contributed by atoms with Gasteiger partial charge in [0.2, 0.25) is 5.56 Å². The van der Waals surface area contributed by atoms with Crippen LogP contribution in [-0.4, -0.2) is 21.7 Å². The van der Waals surface area contributed by atoms with Gasteiger partial charge in [-0.05, 0) is 19.0 Å². The summed E-state index contributed by atoms with van der Waals surface area (Å²) in [4.78, 5) is 13.8. The van der Waals surface area contributed by atoms with Crippen molar-refractivity contribution < 1.29 is 0 Å². The molecule has 0 atom stereocenters. The summed E-state index contributed by atoms with van der Waals surface area (Å²) >= 11 is 1.49. The lowest BCUT2D eigenvalue weighted by Gasteiger charge is -1.92. The van der Waals surface area contributed by atoms with E-state index >= 15 is 0 Å². The highest BCUT2D eigenvalue weighted by Crippen LogP contribution is 2.20. The molecule has 0 saturated carbocycles. The Bertz CT molecular complexity index is 519. The molecule has 2 rings (SSSR count). The first-order chi connectivity index (χ1) is 7.79. The maximum atomic E-state index is 11.1. The fourth-order valence-corrected chi connectivity index (χ4v) is 2.15. The van der Waals surface area contributed by atoms with Gasteiger partial charge >= 0.3 is 0 Å². The highest BCUT2D eigenvalue weighted by molar-refractivity contribution is 7.14. The van der Waals surface area contributed by atoms with Crippen LogP contribution in [0.1, 0.15) is 11.4 Å². The van der Waals surface area contributed by atoms with Gasteiger partial charge in [0.15, 0.2) is 5.01 Å². The van der Waals surface area contributed by atoms with E-state index in [4.69, 9.17) is 5.73 Å². The molecule has 5 nitrogen and oxygen atoms in total. The van der Waals surface area contributed by atoms with Gasteiger partial charge in [-0.3, -0.25) is 4.79 Å². The second-order valence-corrected chi connectivity index (χ2v) is 4.38. The first-order valence-electron chi connectivity index (χ1n) is 5.02. The lowest BCUT2D eigenvalue weighted by Crippen LogP contribution is -2.03. The van der Waals surface area contributed by atoms with Crippen molar-refractivity contribution in [1.82, 2.24) is 15.2 Å². The van der Waals surface area contributed by atoms with Crippen LogP contribution in [0.2, 0.25) is 0 Å². The van der Waals surface area contributed by atoms with Crippen LogP contribution in [0.4, 0.5) is 0 Å². The van der Waals surface area contributed by atoms with Crippen molar-refractivity contribution >= 4 is 11.3 Å². The molecule has 3 N–H and O–H groups in total. The smallest absolute Gasteiger partial charge is 0.248 e. The van der Waals surface area contributed by atoms with Gasteiger partial charge in [-0.1, -0.05) is 17.4 Å². The van der Waals surface area contributed by atoms with E-state index in [1.807, 2.05) is 6.07 Å². The number of nitrogens with two attached hydrogens (primary N) is 1. The highest BCUT2D eigenvalue weighted by Gasteiger charge is 2.06. The number of hydrogen-bond acceptors (Lipinski definition) is 5. The molecular weight excluding hydrogens is 224 g/mol. The van der Waals surface area contributed by atoms with E-state index in [-0.39, 0.29) is 5.56 Å². The van der Waals surface area contributed by atoms with Crippen molar-refractivity contribution in [3.05, 3.63) is 33.6 Å². The standard InChI is InChI=1S/C10H12N4OS/c11-6-2-5-9-13-14-10(16-9)7-3-1-4-8(15)12-7/h1,3-4H,2,5-6,11H2,(H,12,15). The Morgan fingerprint density at radius 3 is 3.00 bits per heavy atom. The fourth-order valence-electron chi connectivity index (χ4n) is 1.29. The molecule has 2 aromatic rings. The Morgan fingerprint density at radius 2 is 2.25 bits per heavy atom. The third kappa shape index (κ3) is 2.53. The minimum absolute atomic E-state index is 0.129. The molecule has 0 spiro atoms. The Morgan fingerprint density at radius 1 is 1.38 bits per heavy atom. The van der Waals surface area contributed by atoms with Gasteiger partial charge < -0.3 is 10.7 Å². The van der Waals surface area contributed by atoms with Crippen LogP contribution in [0.15, 0.2) is 23.0 Å². The molecule has 84 valence electrons. The lowest BCUT2D eigenvalue weighted by atomic mass is 10.3. The number of H-pyrrole nitrogens is 1. The predicted octanol–water partition coefficient (Wildman–Crippen LogP) is 0.785. The van der Waals surface area contributed by atoms with Crippen molar-refractivity contribution in [3.63, 3.8) is 0 Å². The topological polar surface area (TPSA) is 84.7 Å². The number of pyridine rings is 1. The number of nitrogens with zero attached hydrogens (tertiary/aromatic N) is 2. The first-order valence-corrected chi connectivity index (χ1v) is 5.83. The number of aryl methyl sites for hydroxylation is 1. The summed E-state index contributed by atoms with van der Waals surface area (Å²) in [7, 11) is 0. The number of aromatic nitrogens is 3. The van der Waals surface area contributed by atoms with Crippen LogP contribution in [0.3, 0.4) is 0 Å². The maximum absolute atomic E-state index is 11.1. The zero-order valence-corrected chi connectivity index (χ0v) is 9.46. The molecule has 0 aliphatic rings. The molecule has 6 heteroatoms.